The third-order valence-electron chi connectivity index (χ3n) is 2.80. The third-order valence-corrected chi connectivity index (χ3v) is 3.58. The van der Waals surface area contributed by atoms with Gasteiger partial charge >= 0.3 is 0 Å². The fourth-order valence-corrected chi connectivity index (χ4v) is 2.79. The first kappa shape index (κ1) is 14.4. The summed E-state index contributed by atoms with van der Waals surface area (Å²) in [6.45, 7) is 1.92. The molecule has 0 aliphatic rings. The molecule has 0 radical (unpaired) electrons. The molecule has 0 aromatic heterocycles. The van der Waals surface area contributed by atoms with E-state index in [4.69, 9.17) is 17.3 Å². The molecule has 19 heavy (non-hydrogen) atoms. The van der Waals surface area contributed by atoms with Crippen molar-refractivity contribution in [2.45, 2.75) is 13.0 Å². The van der Waals surface area contributed by atoms with Crippen LogP contribution in [0.4, 0.5) is 8.78 Å². The van der Waals surface area contributed by atoms with Crippen molar-refractivity contribution < 1.29 is 8.78 Å². The van der Waals surface area contributed by atoms with Crippen LogP contribution in [0.2, 0.25) is 5.02 Å². The quantitative estimate of drug-likeness (QED) is 0.781. The second-order valence-corrected chi connectivity index (χ2v) is 5.65. The van der Waals surface area contributed by atoms with Gasteiger partial charge in [-0.05, 0) is 47.9 Å². The number of aryl methyl sites for hydroxylation is 1. The van der Waals surface area contributed by atoms with E-state index in [-0.39, 0.29) is 5.02 Å². The van der Waals surface area contributed by atoms with Crippen molar-refractivity contribution >= 4 is 27.5 Å². The van der Waals surface area contributed by atoms with Gasteiger partial charge in [0.1, 0.15) is 0 Å². The molecule has 2 aromatic rings. The highest BCUT2D eigenvalue weighted by Gasteiger charge is 2.16. The molecule has 2 aromatic carbocycles. The Balaban J connectivity index is 2.49. The molecule has 100 valence electrons. The molecule has 1 atom stereocenters. The second kappa shape index (κ2) is 5.57. The smallest absolute Gasteiger partial charge is 0.160 e. The van der Waals surface area contributed by atoms with Gasteiger partial charge in [0.15, 0.2) is 11.6 Å². The number of halogens is 4. The fourth-order valence-electron chi connectivity index (χ4n) is 1.90. The Morgan fingerprint density at radius 3 is 2.37 bits per heavy atom. The van der Waals surface area contributed by atoms with Crippen LogP contribution in [0.15, 0.2) is 34.8 Å². The predicted octanol–water partition coefficient (Wildman–Crippen LogP) is 4.74. The lowest BCUT2D eigenvalue weighted by atomic mass is 9.98. The summed E-state index contributed by atoms with van der Waals surface area (Å²) in [5.41, 5.74) is 8.23. The van der Waals surface area contributed by atoms with E-state index in [0.717, 1.165) is 27.7 Å². The Morgan fingerprint density at radius 1 is 1.11 bits per heavy atom. The highest BCUT2D eigenvalue weighted by Crippen LogP contribution is 2.30. The average molecular weight is 347 g/mol. The van der Waals surface area contributed by atoms with Gasteiger partial charge in [-0.15, -0.1) is 0 Å². The molecule has 0 fully saturated rings. The lowest BCUT2D eigenvalue weighted by Crippen LogP contribution is -2.13. The van der Waals surface area contributed by atoms with Crippen LogP contribution in [0.5, 0.6) is 0 Å². The summed E-state index contributed by atoms with van der Waals surface area (Å²) < 4.78 is 27.2. The first-order valence-electron chi connectivity index (χ1n) is 5.55. The van der Waals surface area contributed by atoms with Gasteiger partial charge in [-0.25, -0.2) is 8.78 Å². The first-order chi connectivity index (χ1) is 8.88. The molecule has 0 heterocycles. The summed E-state index contributed by atoms with van der Waals surface area (Å²) in [5, 5.41) is 0.115. The zero-order valence-electron chi connectivity index (χ0n) is 10.1. The van der Waals surface area contributed by atoms with Gasteiger partial charge in [0, 0.05) is 9.50 Å². The SMILES string of the molecule is Cc1cc(Br)cc(C(N)c2cc(F)c(F)cc2Cl)c1. The second-order valence-electron chi connectivity index (χ2n) is 4.33. The molecular formula is C14H11BrClF2N. The van der Waals surface area contributed by atoms with Gasteiger partial charge in [0.2, 0.25) is 0 Å². The average Bonchev–Trinajstić information content (AvgIpc) is 2.31. The first-order valence-corrected chi connectivity index (χ1v) is 6.72. The van der Waals surface area contributed by atoms with Gasteiger partial charge < -0.3 is 5.73 Å². The summed E-state index contributed by atoms with van der Waals surface area (Å²) >= 11 is 9.30. The predicted molar refractivity (Wildman–Crippen MR) is 76.3 cm³/mol. The van der Waals surface area contributed by atoms with Crippen molar-refractivity contribution in [3.63, 3.8) is 0 Å². The van der Waals surface area contributed by atoms with E-state index >= 15 is 0 Å². The Hall–Kier alpha value is -0.970. The third kappa shape index (κ3) is 3.14. The zero-order chi connectivity index (χ0) is 14.2. The van der Waals surface area contributed by atoms with E-state index in [1.54, 1.807) is 0 Å². The van der Waals surface area contributed by atoms with Crippen LogP contribution in [0, 0.1) is 18.6 Å². The molecule has 5 heteroatoms. The summed E-state index contributed by atoms with van der Waals surface area (Å²) in [5.74, 6) is -1.94. The zero-order valence-corrected chi connectivity index (χ0v) is 12.4. The topological polar surface area (TPSA) is 26.0 Å². The minimum atomic E-state index is -0.980. The van der Waals surface area contributed by atoms with Crippen LogP contribution >= 0.6 is 27.5 Å². The van der Waals surface area contributed by atoms with Gasteiger partial charge in [-0.1, -0.05) is 33.6 Å². The van der Waals surface area contributed by atoms with Crippen molar-refractivity contribution in [1.82, 2.24) is 0 Å². The minimum absolute atomic E-state index is 0.115. The standard InChI is InChI=1S/C14H11BrClF2N/c1-7-2-8(4-9(15)3-7)14(19)10-5-12(17)13(18)6-11(10)16/h2-6,14H,19H2,1H3. The number of hydrogen-bond acceptors (Lipinski definition) is 1. The number of hydrogen-bond donors (Lipinski definition) is 1. The van der Waals surface area contributed by atoms with Gasteiger partial charge in [-0.3, -0.25) is 0 Å². The maximum Gasteiger partial charge on any atom is 0.160 e. The number of rotatable bonds is 2. The Morgan fingerprint density at radius 2 is 1.74 bits per heavy atom. The van der Waals surface area contributed by atoms with Gasteiger partial charge in [0.25, 0.3) is 0 Å². The molecule has 2 N–H and O–H groups in total. The van der Waals surface area contributed by atoms with E-state index in [9.17, 15) is 8.78 Å². The molecule has 0 saturated heterocycles. The van der Waals surface area contributed by atoms with Crippen LogP contribution < -0.4 is 5.73 Å². The summed E-state index contributed by atoms with van der Waals surface area (Å²) in [6, 6.07) is 7.01. The van der Waals surface area contributed by atoms with Crippen LogP contribution in [0.1, 0.15) is 22.7 Å². The van der Waals surface area contributed by atoms with Crippen molar-refractivity contribution in [1.29, 1.82) is 0 Å². The molecule has 0 bridgehead atoms. The van der Waals surface area contributed by atoms with E-state index in [1.807, 2.05) is 25.1 Å². The number of benzene rings is 2. The van der Waals surface area contributed by atoms with E-state index < -0.39 is 17.7 Å². The molecule has 2 rings (SSSR count). The van der Waals surface area contributed by atoms with Gasteiger partial charge in [0.05, 0.1) is 6.04 Å². The van der Waals surface area contributed by atoms with Crippen LogP contribution in [-0.4, -0.2) is 0 Å². The number of nitrogens with two attached hydrogens (primary N) is 1. The van der Waals surface area contributed by atoms with Crippen LogP contribution in [0.25, 0.3) is 0 Å². The summed E-state index contributed by atoms with van der Waals surface area (Å²) in [7, 11) is 0. The summed E-state index contributed by atoms with van der Waals surface area (Å²) in [4.78, 5) is 0. The molecule has 0 amide bonds. The maximum absolute atomic E-state index is 13.3. The molecule has 1 unspecified atom stereocenters. The lowest BCUT2D eigenvalue weighted by molar-refractivity contribution is 0.506. The van der Waals surface area contributed by atoms with Crippen molar-refractivity contribution in [2.24, 2.45) is 5.73 Å². The highest BCUT2D eigenvalue weighted by molar-refractivity contribution is 9.10. The highest BCUT2D eigenvalue weighted by atomic mass is 79.9. The normalized spacial score (nSPS) is 12.5. The lowest BCUT2D eigenvalue weighted by Gasteiger charge is -2.16. The van der Waals surface area contributed by atoms with Gasteiger partial charge in [-0.2, -0.15) is 0 Å². The van der Waals surface area contributed by atoms with E-state index in [0.29, 0.717) is 5.56 Å². The molecule has 0 aliphatic heterocycles. The van der Waals surface area contributed by atoms with Crippen LogP contribution in [0.3, 0.4) is 0 Å². The Labute approximate surface area is 123 Å². The summed E-state index contributed by atoms with van der Waals surface area (Å²) in [6.07, 6.45) is 0. The molecule has 0 saturated carbocycles. The maximum atomic E-state index is 13.3. The molecule has 0 spiro atoms. The van der Waals surface area contributed by atoms with Crippen molar-refractivity contribution in [2.75, 3.05) is 0 Å². The van der Waals surface area contributed by atoms with Crippen molar-refractivity contribution in [3.05, 3.63) is 68.2 Å². The minimum Gasteiger partial charge on any atom is -0.320 e. The van der Waals surface area contributed by atoms with E-state index in [1.165, 1.54) is 0 Å². The molecular weight excluding hydrogens is 336 g/mol. The van der Waals surface area contributed by atoms with Crippen molar-refractivity contribution in [3.8, 4) is 0 Å². The molecule has 0 aliphatic carbocycles. The largest absolute Gasteiger partial charge is 0.320 e. The monoisotopic (exact) mass is 345 g/mol. The van der Waals surface area contributed by atoms with Crippen LogP contribution in [-0.2, 0) is 0 Å². The Kier molecular flexibility index (Phi) is 4.23. The Bertz CT molecular complexity index is 611. The fraction of sp³-hybridized carbons (Fsp3) is 0.143. The molecule has 1 nitrogen and oxygen atoms in total. The van der Waals surface area contributed by atoms with E-state index in [2.05, 4.69) is 15.9 Å².